The van der Waals surface area contributed by atoms with E-state index in [1.165, 1.54) is 35.7 Å². The van der Waals surface area contributed by atoms with E-state index in [2.05, 4.69) is 15.2 Å². The highest BCUT2D eigenvalue weighted by molar-refractivity contribution is 7.91. The zero-order valence-electron chi connectivity index (χ0n) is 18.6. The van der Waals surface area contributed by atoms with Gasteiger partial charge in [-0.2, -0.15) is 8.78 Å². The van der Waals surface area contributed by atoms with Crippen molar-refractivity contribution in [3.05, 3.63) is 62.7 Å². The monoisotopic (exact) mass is 542 g/mol. The third-order valence-electron chi connectivity index (χ3n) is 6.93. The van der Waals surface area contributed by atoms with E-state index in [1.807, 2.05) is 0 Å². The highest BCUT2D eigenvalue weighted by atomic mass is 35.5. The first-order valence-electron chi connectivity index (χ1n) is 10.9. The highest BCUT2D eigenvalue weighted by Gasteiger charge is 2.54. The summed E-state index contributed by atoms with van der Waals surface area (Å²) in [7, 11) is -3.20. The van der Waals surface area contributed by atoms with Crippen LogP contribution in [-0.4, -0.2) is 59.0 Å². The number of aromatic nitrogens is 3. The number of aryl methyl sites for hydroxylation is 1. The van der Waals surface area contributed by atoms with Crippen molar-refractivity contribution >= 4 is 38.7 Å². The van der Waals surface area contributed by atoms with Crippen LogP contribution in [0.25, 0.3) is 0 Å². The smallest absolute Gasteiger partial charge is 0.349 e. The molecule has 0 N–H and O–H groups in total. The SMILES string of the molecule is Cc1cc(C(F)(F)c2nnc(C3CN(C(=O)c4cncs4)CC34CCS(=O)(=O)CC4)o2)ccc1Cl. The lowest BCUT2D eigenvalue weighted by Gasteiger charge is -2.36. The van der Waals surface area contributed by atoms with Crippen LogP contribution in [0.15, 0.2) is 34.3 Å². The molecule has 0 saturated carbocycles. The van der Waals surface area contributed by atoms with Gasteiger partial charge in [0.15, 0.2) is 0 Å². The van der Waals surface area contributed by atoms with E-state index in [0.717, 1.165) is 0 Å². The van der Waals surface area contributed by atoms with Gasteiger partial charge < -0.3 is 9.32 Å². The first-order chi connectivity index (χ1) is 16.5. The maximum Gasteiger partial charge on any atom is 0.349 e. The average Bonchev–Trinajstić information content (AvgIpc) is 3.57. The van der Waals surface area contributed by atoms with Crippen LogP contribution < -0.4 is 0 Å². The first kappa shape index (κ1) is 24.3. The van der Waals surface area contributed by atoms with Gasteiger partial charge in [0.1, 0.15) is 14.7 Å². The third kappa shape index (κ3) is 4.36. The molecule has 2 aliphatic heterocycles. The standard InChI is InChI=1S/C22H21ClF2N4O4S2/c1-13-8-14(2-3-16(13)23)22(24,25)20-28-27-18(33-20)15-10-29(19(30)17-9-26-12-34-17)11-21(15)4-6-35(31,32)7-5-21/h2-3,8-9,12,15H,4-7,10-11H2,1H3. The molecule has 1 unspecified atom stereocenters. The molecule has 1 amide bonds. The van der Waals surface area contributed by atoms with E-state index in [9.17, 15) is 13.2 Å². The molecule has 0 radical (unpaired) electrons. The van der Waals surface area contributed by atoms with Gasteiger partial charge in [0.25, 0.3) is 11.8 Å². The average molecular weight is 543 g/mol. The molecule has 13 heteroatoms. The summed E-state index contributed by atoms with van der Waals surface area (Å²) in [4.78, 5) is 19.0. The Balaban J connectivity index is 1.48. The zero-order chi connectivity index (χ0) is 25.0. The molecule has 0 bridgehead atoms. The van der Waals surface area contributed by atoms with Gasteiger partial charge >= 0.3 is 5.92 Å². The number of rotatable bonds is 4. The summed E-state index contributed by atoms with van der Waals surface area (Å²) in [6.45, 7) is 2.05. The summed E-state index contributed by atoms with van der Waals surface area (Å²) in [5, 5.41) is 7.97. The molecule has 35 heavy (non-hydrogen) atoms. The van der Waals surface area contributed by atoms with Gasteiger partial charge in [-0.3, -0.25) is 9.78 Å². The molecule has 8 nitrogen and oxygen atoms in total. The predicted octanol–water partition coefficient (Wildman–Crippen LogP) is 4.06. The van der Waals surface area contributed by atoms with Gasteiger partial charge in [-0.15, -0.1) is 21.5 Å². The Morgan fingerprint density at radius 2 is 2.03 bits per heavy atom. The van der Waals surface area contributed by atoms with Crippen LogP contribution in [0.4, 0.5) is 8.78 Å². The van der Waals surface area contributed by atoms with Crippen LogP contribution in [0.1, 0.15) is 51.3 Å². The number of amides is 1. The molecule has 1 aromatic carbocycles. The summed E-state index contributed by atoms with van der Waals surface area (Å²) in [6, 6.07) is 3.86. The van der Waals surface area contributed by atoms with Crippen molar-refractivity contribution in [2.75, 3.05) is 24.6 Å². The fourth-order valence-corrected chi connectivity index (χ4v) is 7.20. The topological polar surface area (TPSA) is 106 Å². The summed E-state index contributed by atoms with van der Waals surface area (Å²) in [5.74, 6) is -5.35. The van der Waals surface area contributed by atoms with Crippen molar-refractivity contribution in [2.45, 2.75) is 31.6 Å². The Hall–Kier alpha value is -2.44. The number of halogens is 3. The van der Waals surface area contributed by atoms with Crippen LogP contribution in [0.3, 0.4) is 0 Å². The largest absolute Gasteiger partial charge is 0.419 e. The van der Waals surface area contributed by atoms with Crippen molar-refractivity contribution < 1.29 is 26.4 Å². The van der Waals surface area contributed by atoms with Crippen molar-refractivity contribution in [2.24, 2.45) is 5.41 Å². The number of likely N-dealkylation sites (tertiary alicyclic amines) is 1. The second-order valence-corrected chi connectivity index (χ2v) is 12.7. The van der Waals surface area contributed by atoms with Gasteiger partial charge in [-0.1, -0.05) is 17.7 Å². The summed E-state index contributed by atoms with van der Waals surface area (Å²) in [6.07, 6.45) is 2.02. The van der Waals surface area contributed by atoms with Crippen molar-refractivity contribution in [3.63, 3.8) is 0 Å². The molecule has 2 aliphatic rings. The van der Waals surface area contributed by atoms with E-state index in [-0.39, 0.29) is 54.8 Å². The van der Waals surface area contributed by atoms with Crippen LogP contribution in [-0.2, 0) is 15.8 Å². The number of hydrogen-bond donors (Lipinski definition) is 0. The lowest BCUT2D eigenvalue weighted by molar-refractivity contribution is 0.0109. The molecule has 2 aromatic heterocycles. The highest BCUT2D eigenvalue weighted by Crippen LogP contribution is 2.51. The first-order valence-corrected chi connectivity index (χ1v) is 14.0. The zero-order valence-corrected chi connectivity index (χ0v) is 21.0. The van der Waals surface area contributed by atoms with E-state index in [1.54, 1.807) is 17.3 Å². The molecule has 2 saturated heterocycles. The Kier molecular flexibility index (Phi) is 5.96. The van der Waals surface area contributed by atoms with Gasteiger partial charge in [0.05, 0.1) is 29.1 Å². The molecule has 2 fully saturated rings. The quantitative estimate of drug-likeness (QED) is 0.489. The minimum absolute atomic E-state index is 0.0238. The number of thiazole rings is 1. The van der Waals surface area contributed by atoms with Crippen molar-refractivity contribution in [1.82, 2.24) is 20.1 Å². The predicted molar refractivity (Wildman–Crippen MR) is 125 cm³/mol. The van der Waals surface area contributed by atoms with E-state index in [4.69, 9.17) is 16.0 Å². The Labute approximate surface area is 209 Å². The number of nitrogens with zero attached hydrogens (tertiary/aromatic N) is 4. The molecule has 1 spiro atoms. The third-order valence-corrected chi connectivity index (χ3v) is 9.77. The molecular formula is C22H21ClF2N4O4S2. The van der Waals surface area contributed by atoms with Crippen molar-refractivity contribution in [1.29, 1.82) is 0 Å². The summed E-state index contributed by atoms with van der Waals surface area (Å²) in [5.41, 5.74) is 1.04. The molecule has 1 atom stereocenters. The van der Waals surface area contributed by atoms with E-state index in [0.29, 0.717) is 15.5 Å². The summed E-state index contributed by atoms with van der Waals surface area (Å²) >= 11 is 7.17. The number of benzene rings is 1. The fourth-order valence-electron chi connectivity index (χ4n) is 4.86. The molecule has 3 aromatic rings. The summed E-state index contributed by atoms with van der Waals surface area (Å²) < 4.78 is 60.3. The Bertz CT molecular complexity index is 1360. The van der Waals surface area contributed by atoms with E-state index >= 15 is 8.78 Å². The number of carbonyl (C=O) groups excluding carboxylic acids is 1. The Morgan fingerprint density at radius 3 is 2.69 bits per heavy atom. The molecule has 5 rings (SSSR count). The Morgan fingerprint density at radius 1 is 1.29 bits per heavy atom. The lowest BCUT2D eigenvalue weighted by atomic mass is 9.73. The molecular weight excluding hydrogens is 522 g/mol. The molecule has 4 heterocycles. The second kappa shape index (κ2) is 8.59. The number of alkyl halides is 2. The van der Waals surface area contributed by atoms with E-state index < -0.39 is 33.0 Å². The number of hydrogen-bond acceptors (Lipinski definition) is 8. The molecule has 0 aliphatic carbocycles. The maximum absolute atomic E-state index is 15.2. The van der Waals surface area contributed by atoms with Gasteiger partial charge in [-0.05, 0) is 37.5 Å². The van der Waals surface area contributed by atoms with Gasteiger partial charge in [-0.25, -0.2) is 8.42 Å². The number of sulfone groups is 1. The number of carbonyl (C=O) groups is 1. The van der Waals surface area contributed by atoms with Crippen LogP contribution in [0, 0.1) is 12.3 Å². The van der Waals surface area contributed by atoms with Crippen molar-refractivity contribution in [3.8, 4) is 0 Å². The lowest BCUT2D eigenvalue weighted by Crippen LogP contribution is -2.39. The maximum atomic E-state index is 15.2. The van der Waals surface area contributed by atoms with Crippen LogP contribution in [0.5, 0.6) is 0 Å². The van der Waals surface area contributed by atoms with Crippen LogP contribution >= 0.6 is 22.9 Å². The fraction of sp³-hybridized carbons (Fsp3) is 0.455. The van der Waals surface area contributed by atoms with Gasteiger partial charge in [0, 0.05) is 29.1 Å². The minimum atomic E-state index is -3.56. The molecule has 186 valence electrons. The second-order valence-electron chi connectivity index (χ2n) is 9.10. The minimum Gasteiger partial charge on any atom is -0.419 e. The van der Waals surface area contributed by atoms with Crippen LogP contribution in [0.2, 0.25) is 5.02 Å². The van der Waals surface area contributed by atoms with Gasteiger partial charge in [0.2, 0.25) is 5.89 Å². The normalized spacial score (nSPS) is 21.5.